The van der Waals surface area contributed by atoms with E-state index in [2.05, 4.69) is 0 Å². The van der Waals surface area contributed by atoms with Crippen LogP contribution in [0.1, 0.15) is 22.3 Å². The molecule has 0 saturated heterocycles. The van der Waals surface area contributed by atoms with E-state index in [9.17, 15) is 15.1 Å². The predicted octanol–water partition coefficient (Wildman–Crippen LogP) is 6.40. The number of benzene rings is 5. The Hall–Kier alpha value is -6.11. The third kappa shape index (κ3) is 5.47. The zero-order valence-electron chi connectivity index (χ0n) is 21.9. The normalized spacial score (nSPS) is 10.4. The summed E-state index contributed by atoms with van der Waals surface area (Å²) in [6.07, 6.45) is 0. The lowest BCUT2D eigenvalue weighted by molar-refractivity contribution is 0.482. The van der Waals surface area contributed by atoms with Gasteiger partial charge in [-0.05, 0) is 84.9 Å². The minimum absolute atomic E-state index is 0.220. The molecule has 5 aromatic carbocycles. The van der Waals surface area contributed by atoms with Gasteiger partial charge in [0.2, 0.25) is 0 Å². The van der Waals surface area contributed by atoms with Gasteiger partial charge in [-0.1, -0.05) is 30.3 Å². The van der Waals surface area contributed by atoms with Gasteiger partial charge in [-0.2, -0.15) is 21.0 Å². The molecule has 0 unspecified atom stereocenters. The molecule has 0 spiro atoms. The van der Waals surface area contributed by atoms with Crippen molar-refractivity contribution in [2.24, 2.45) is 0 Å². The largest absolute Gasteiger partial charge is 0.457 e. The molecule has 0 bridgehead atoms. The molecular weight excluding hydrogens is 543 g/mol. The molecule has 0 fully saturated rings. The van der Waals surface area contributed by atoms with Crippen molar-refractivity contribution in [1.82, 2.24) is 0 Å². The van der Waals surface area contributed by atoms with Crippen molar-refractivity contribution in [2.75, 3.05) is 0 Å². The van der Waals surface area contributed by atoms with Crippen LogP contribution in [0.25, 0.3) is 0 Å². The standard InChI is InChI=1S/C34H19N4O3P/c35-20-24-6-8-30(18-26(24)22-37)40-28-10-14-33(15-11-28)42(39,32-4-2-1-3-5-32)34-16-12-29(13-17-34)41-31-9-7-25(21-36)27(19-31)23-38/h1-19H. The lowest BCUT2D eigenvalue weighted by atomic mass is 10.1. The Bertz CT molecular complexity index is 1870. The van der Waals surface area contributed by atoms with Crippen molar-refractivity contribution >= 4 is 23.1 Å². The van der Waals surface area contributed by atoms with Crippen molar-refractivity contribution in [3.8, 4) is 47.3 Å². The highest BCUT2D eigenvalue weighted by Crippen LogP contribution is 2.43. The molecule has 0 saturated carbocycles. The molecule has 0 aliphatic heterocycles. The molecule has 5 rings (SSSR count). The average molecular weight is 563 g/mol. The summed E-state index contributed by atoms with van der Waals surface area (Å²) in [6.45, 7) is 0. The van der Waals surface area contributed by atoms with E-state index < -0.39 is 7.14 Å². The fraction of sp³-hybridized carbons (Fsp3) is 0. The molecule has 0 N–H and O–H groups in total. The first kappa shape index (κ1) is 27.5. The minimum atomic E-state index is -3.30. The zero-order valence-corrected chi connectivity index (χ0v) is 22.8. The third-order valence-corrected chi connectivity index (χ3v) is 9.53. The molecule has 7 nitrogen and oxygen atoms in total. The van der Waals surface area contributed by atoms with E-state index in [1.165, 1.54) is 24.3 Å². The van der Waals surface area contributed by atoms with E-state index in [4.69, 9.17) is 20.0 Å². The fourth-order valence-corrected chi connectivity index (χ4v) is 6.98. The van der Waals surface area contributed by atoms with E-state index in [0.29, 0.717) is 38.9 Å². The van der Waals surface area contributed by atoms with Crippen molar-refractivity contribution in [2.45, 2.75) is 0 Å². The summed E-state index contributed by atoms with van der Waals surface area (Å²) in [5.74, 6) is 1.78. The summed E-state index contributed by atoms with van der Waals surface area (Å²) in [4.78, 5) is 0. The van der Waals surface area contributed by atoms with Crippen LogP contribution in [0, 0.1) is 45.3 Å². The first-order valence-electron chi connectivity index (χ1n) is 12.6. The molecule has 0 atom stereocenters. The number of hydrogen-bond acceptors (Lipinski definition) is 7. The first-order valence-corrected chi connectivity index (χ1v) is 14.3. The van der Waals surface area contributed by atoms with E-state index in [0.717, 1.165) is 0 Å². The van der Waals surface area contributed by atoms with Crippen molar-refractivity contribution in [1.29, 1.82) is 21.0 Å². The van der Waals surface area contributed by atoms with E-state index in [-0.39, 0.29) is 22.3 Å². The van der Waals surface area contributed by atoms with Gasteiger partial charge in [-0.25, -0.2) is 0 Å². The van der Waals surface area contributed by atoms with E-state index >= 15 is 0 Å². The molecule has 0 heterocycles. The van der Waals surface area contributed by atoms with Crippen molar-refractivity contribution in [3.63, 3.8) is 0 Å². The summed E-state index contributed by atoms with van der Waals surface area (Å²) in [6, 6.07) is 40.3. The highest BCUT2D eigenvalue weighted by molar-refractivity contribution is 7.85. The molecule has 42 heavy (non-hydrogen) atoms. The van der Waals surface area contributed by atoms with Crippen LogP contribution in [0.2, 0.25) is 0 Å². The molecule has 0 aliphatic carbocycles. The van der Waals surface area contributed by atoms with Crippen LogP contribution in [-0.2, 0) is 4.57 Å². The number of rotatable bonds is 7. The highest BCUT2D eigenvalue weighted by atomic mass is 31.2. The second-order valence-electron chi connectivity index (χ2n) is 9.00. The zero-order chi connectivity index (χ0) is 29.5. The van der Waals surface area contributed by atoms with Gasteiger partial charge >= 0.3 is 0 Å². The lowest BCUT2D eigenvalue weighted by Crippen LogP contribution is -2.24. The van der Waals surface area contributed by atoms with Gasteiger partial charge < -0.3 is 14.0 Å². The summed E-state index contributed by atoms with van der Waals surface area (Å²) in [5.41, 5.74) is 0.975. The van der Waals surface area contributed by atoms with Gasteiger partial charge in [0.15, 0.2) is 7.14 Å². The average Bonchev–Trinajstić information content (AvgIpc) is 3.05. The predicted molar refractivity (Wildman–Crippen MR) is 158 cm³/mol. The van der Waals surface area contributed by atoms with Crippen molar-refractivity contribution < 1.29 is 14.0 Å². The maximum atomic E-state index is 14.9. The molecule has 8 heteroatoms. The van der Waals surface area contributed by atoms with Gasteiger partial charge in [0, 0.05) is 15.9 Å². The molecule has 0 amide bonds. The van der Waals surface area contributed by atoms with Crippen LogP contribution in [0.15, 0.2) is 115 Å². The fourth-order valence-electron chi connectivity index (χ4n) is 4.36. The summed E-state index contributed by atoms with van der Waals surface area (Å²) < 4.78 is 26.6. The number of nitriles is 4. The first-order chi connectivity index (χ1) is 20.5. The number of ether oxygens (including phenoxy) is 2. The second kappa shape index (κ2) is 12.0. The number of hydrogen-bond donors (Lipinski definition) is 0. The highest BCUT2D eigenvalue weighted by Gasteiger charge is 2.29. The Kier molecular flexibility index (Phi) is 7.82. The van der Waals surface area contributed by atoms with Crippen LogP contribution in [0.5, 0.6) is 23.0 Å². The van der Waals surface area contributed by atoms with Crippen LogP contribution in [-0.4, -0.2) is 0 Å². The molecule has 0 aromatic heterocycles. The monoisotopic (exact) mass is 562 g/mol. The van der Waals surface area contributed by atoms with Crippen molar-refractivity contribution in [3.05, 3.63) is 138 Å². The Balaban J connectivity index is 1.45. The molecule has 5 aromatic rings. The molecular formula is C34H19N4O3P. The van der Waals surface area contributed by atoms with Gasteiger partial charge in [0.25, 0.3) is 0 Å². The number of nitrogens with zero attached hydrogens (tertiary/aromatic N) is 4. The maximum Gasteiger partial charge on any atom is 0.171 e. The Morgan fingerprint density at radius 2 is 0.786 bits per heavy atom. The summed E-state index contributed by atoms with van der Waals surface area (Å²) >= 11 is 0. The topological polar surface area (TPSA) is 131 Å². The molecule has 0 radical (unpaired) electrons. The third-order valence-electron chi connectivity index (χ3n) is 6.46. The molecule has 198 valence electrons. The Morgan fingerprint density at radius 3 is 1.17 bits per heavy atom. The lowest BCUT2D eigenvalue weighted by Gasteiger charge is -2.20. The van der Waals surface area contributed by atoms with E-state index in [1.54, 1.807) is 60.7 Å². The van der Waals surface area contributed by atoms with E-state index in [1.807, 2.05) is 54.6 Å². The second-order valence-corrected chi connectivity index (χ2v) is 11.8. The Morgan fingerprint density at radius 1 is 0.429 bits per heavy atom. The van der Waals surface area contributed by atoms with Gasteiger partial charge in [-0.15, -0.1) is 0 Å². The minimum Gasteiger partial charge on any atom is -0.457 e. The Labute approximate surface area is 242 Å². The van der Waals surface area contributed by atoms with Crippen LogP contribution < -0.4 is 25.4 Å². The van der Waals surface area contributed by atoms with Crippen LogP contribution in [0.3, 0.4) is 0 Å². The SMILES string of the molecule is N#Cc1ccc(Oc2ccc(P(=O)(c3ccccc3)c3ccc(Oc4ccc(C#N)c(C#N)c4)cc3)cc2)cc1C#N. The summed E-state index contributed by atoms with van der Waals surface area (Å²) in [5, 5.41) is 38.7. The van der Waals surface area contributed by atoms with Crippen LogP contribution >= 0.6 is 7.14 Å². The molecule has 0 aliphatic rings. The maximum absolute atomic E-state index is 14.9. The summed E-state index contributed by atoms with van der Waals surface area (Å²) in [7, 11) is -3.30. The van der Waals surface area contributed by atoms with Gasteiger partial charge in [0.1, 0.15) is 47.3 Å². The quantitative estimate of drug-likeness (QED) is 0.210. The van der Waals surface area contributed by atoms with Gasteiger partial charge in [-0.3, -0.25) is 0 Å². The van der Waals surface area contributed by atoms with Crippen LogP contribution in [0.4, 0.5) is 0 Å². The smallest absolute Gasteiger partial charge is 0.171 e. The van der Waals surface area contributed by atoms with Gasteiger partial charge in [0.05, 0.1) is 22.3 Å².